The lowest BCUT2D eigenvalue weighted by Gasteiger charge is -2.14. The average molecular weight is 250 g/mol. The van der Waals surface area contributed by atoms with Gasteiger partial charge in [0.05, 0.1) is 6.10 Å². The van der Waals surface area contributed by atoms with E-state index in [2.05, 4.69) is 13.8 Å². The second-order valence-corrected chi connectivity index (χ2v) is 5.46. The SMILES string of the molecule is CC(C)CC(C)OC(=O)CCCCS(=O)O. The third kappa shape index (κ3) is 10.1. The first-order valence-electron chi connectivity index (χ1n) is 5.68. The summed E-state index contributed by atoms with van der Waals surface area (Å²) in [5.74, 6) is 0.533. The molecule has 0 aromatic heterocycles. The summed E-state index contributed by atoms with van der Waals surface area (Å²) >= 11 is -1.75. The molecule has 16 heavy (non-hydrogen) atoms. The van der Waals surface area contributed by atoms with Gasteiger partial charge in [0.25, 0.3) is 0 Å². The molecular formula is C11H22O4S. The van der Waals surface area contributed by atoms with Crippen LogP contribution in [0.1, 0.15) is 46.5 Å². The van der Waals surface area contributed by atoms with E-state index in [9.17, 15) is 9.00 Å². The number of carbonyl (C=O) groups excluding carboxylic acids is 1. The Morgan fingerprint density at radius 3 is 2.44 bits per heavy atom. The number of hydrogen-bond donors (Lipinski definition) is 1. The van der Waals surface area contributed by atoms with E-state index < -0.39 is 11.1 Å². The third-order valence-corrected chi connectivity index (χ3v) is 2.72. The second-order valence-electron chi connectivity index (χ2n) is 4.41. The zero-order valence-corrected chi connectivity index (χ0v) is 11.1. The van der Waals surface area contributed by atoms with Crippen molar-refractivity contribution in [3.63, 3.8) is 0 Å². The number of unbranched alkanes of at least 4 members (excludes halogenated alkanes) is 1. The van der Waals surface area contributed by atoms with Gasteiger partial charge in [-0.1, -0.05) is 13.8 Å². The molecular weight excluding hydrogens is 228 g/mol. The molecule has 0 aliphatic heterocycles. The van der Waals surface area contributed by atoms with Gasteiger partial charge >= 0.3 is 5.97 Å². The summed E-state index contributed by atoms with van der Waals surface area (Å²) in [6.07, 6.45) is 2.35. The van der Waals surface area contributed by atoms with Gasteiger partial charge in [-0.25, -0.2) is 4.21 Å². The molecule has 0 saturated heterocycles. The molecule has 0 saturated carbocycles. The Labute approximate surface area is 100 Å². The number of rotatable bonds is 8. The Hall–Kier alpha value is -0.420. The number of esters is 1. The molecule has 0 amide bonds. The van der Waals surface area contributed by atoms with Crippen molar-refractivity contribution < 1.29 is 18.3 Å². The van der Waals surface area contributed by atoms with Crippen LogP contribution in [0.25, 0.3) is 0 Å². The zero-order chi connectivity index (χ0) is 12.6. The molecule has 0 fully saturated rings. The molecule has 0 aromatic carbocycles. The van der Waals surface area contributed by atoms with E-state index >= 15 is 0 Å². The molecule has 2 unspecified atom stereocenters. The Bertz CT molecular complexity index is 228. The van der Waals surface area contributed by atoms with Crippen LogP contribution in [0.2, 0.25) is 0 Å². The zero-order valence-electron chi connectivity index (χ0n) is 10.3. The van der Waals surface area contributed by atoms with Gasteiger partial charge in [-0.05, 0) is 32.1 Å². The van der Waals surface area contributed by atoms with E-state index in [-0.39, 0.29) is 17.8 Å². The summed E-state index contributed by atoms with van der Waals surface area (Å²) in [7, 11) is 0. The fourth-order valence-corrected chi connectivity index (χ4v) is 1.94. The Kier molecular flexibility index (Phi) is 8.47. The molecule has 0 radical (unpaired) electrons. The topological polar surface area (TPSA) is 63.6 Å². The fourth-order valence-electron chi connectivity index (χ4n) is 1.49. The predicted octanol–water partition coefficient (Wildman–Crippen LogP) is 2.36. The van der Waals surface area contributed by atoms with Gasteiger partial charge in [0.1, 0.15) is 0 Å². The maximum Gasteiger partial charge on any atom is 0.306 e. The van der Waals surface area contributed by atoms with E-state index in [1.807, 2.05) is 6.92 Å². The van der Waals surface area contributed by atoms with Crippen LogP contribution in [0.5, 0.6) is 0 Å². The smallest absolute Gasteiger partial charge is 0.306 e. The summed E-state index contributed by atoms with van der Waals surface area (Å²) in [5.41, 5.74) is 0. The van der Waals surface area contributed by atoms with E-state index in [1.165, 1.54) is 0 Å². The van der Waals surface area contributed by atoms with Gasteiger partial charge in [0.15, 0.2) is 11.1 Å². The monoisotopic (exact) mass is 250 g/mol. The van der Waals surface area contributed by atoms with Crippen molar-refractivity contribution in [1.29, 1.82) is 0 Å². The molecule has 1 N–H and O–H groups in total. The molecule has 4 nitrogen and oxygen atoms in total. The van der Waals surface area contributed by atoms with Crippen LogP contribution < -0.4 is 0 Å². The lowest BCUT2D eigenvalue weighted by atomic mass is 10.1. The van der Waals surface area contributed by atoms with Crippen molar-refractivity contribution >= 4 is 17.0 Å². The molecule has 5 heteroatoms. The maximum atomic E-state index is 11.3. The van der Waals surface area contributed by atoms with Crippen molar-refractivity contribution in [2.45, 2.75) is 52.6 Å². The highest BCUT2D eigenvalue weighted by atomic mass is 32.2. The van der Waals surface area contributed by atoms with Gasteiger partial charge in [0, 0.05) is 12.2 Å². The minimum atomic E-state index is -1.75. The standard InChI is InChI=1S/C11H22O4S/c1-9(2)8-10(3)15-11(12)6-4-5-7-16(13)14/h9-10H,4-8H2,1-3H3,(H,13,14). The van der Waals surface area contributed by atoms with E-state index in [1.54, 1.807) is 0 Å². The first kappa shape index (κ1) is 15.6. The maximum absolute atomic E-state index is 11.3. The molecule has 0 aliphatic carbocycles. The number of hydrogen-bond acceptors (Lipinski definition) is 3. The average Bonchev–Trinajstić information content (AvgIpc) is 2.10. The normalized spacial score (nSPS) is 14.8. The largest absolute Gasteiger partial charge is 0.463 e. The predicted molar refractivity (Wildman–Crippen MR) is 64.5 cm³/mol. The van der Waals surface area contributed by atoms with Crippen LogP contribution in [0.15, 0.2) is 0 Å². The van der Waals surface area contributed by atoms with Crippen molar-refractivity contribution in [2.75, 3.05) is 5.75 Å². The van der Waals surface area contributed by atoms with Crippen LogP contribution >= 0.6 is 0 Å². The van der Waals surface area contributed by atoms with Crippen molar-refractivity contribution in [3.05, 3.63) is 0 Å². The van der Waals surface area contributed by atoms with Crippen LogP contribution in [0.3, 0.4) is 0 Å². The highest BCUT2D eigenvalue weighted by molar-refractivity contribution is 7.79. The van der Waals surface area contributed by atoms with Gasteiger partial charge in [0.2, 0.25) is 0 Å². The van der Waals surface area contributed by atoms with Crippen molar-refractivity contribution in [2.24, 2.45) is 5.92 Å². The highest BCUT2D eigenvalue weighted by Gasteiger charge is 2.10. The summed E-state index contributed by atoms with van der Waals surface area (Å²) in [4.78, 5) is 11.3. The van der Waals surface area contributed by atoms with E-state index in [0.717, 1.165) is 6.42 Å². The molecule has 0 bridgehead atoms. The second kappa shape index (κ2) is 8.70. The highest BCUT2D eigenvalue weighted by Crippen LogP contribution is 2.09. The Balaban J connectivity index is 3.54. The molecule has 0 spiro atoms. The molecule has 2 atom stereocenters. The van der Waals surface area contributed by atoms with Gasteiger partial charge in [-0.15, -0.1) is 0 Å². The Morgan fingerprint density at radius 1 is 1.31 bits per heavy atom. The van der Waals surface area contributed by atoms with Crippen molar-refractivity contribution in [3.8, 4) is 0 Å². The number of carbonyl (C=O) groups is 1. The van der Waals surface area contributed by atoms with Crippen LogP contribution in [0.4, 0.5) is 0 Å². The van der Waals surface area contributed by atoms with Crippen LogP contribution in [-0.2, 0) is 20.6 Å². The van der Waals surface area contributed by atoms with Gasteiger partial charge in [-0.2, -0.15) is 0 Å². The summed E-state index contributed by atoms with van der Waals surface area (Å²) < 4.78 is 24.0. The summed E-state index contributed by atoms with van der Waals surface area (Å²) in [5, 5.41) is 0. The summed E-state index contributed by atoms with van der Waals surface area (Å²) in [6, 6.07) is 0. The molecule has 96 valence electrons. The minimum Gasteiger partial charge on any atom is -0.463 e. The van der Waals surface area contributed by atoms with E-state index in [0.29, 0.717) is 25.2 Å². The van der Waals surface area contributed by atoms with Crippen LogP contribution in [0, 0.1) is 5.92 Å². The quantitative estimate of drug-likeness (QED) is 0.408. The third-order valence-electron chi connectivity index (χ3n) is 2.09. The fraction of sp³-hybridized carbons (Fsp3) is 0.909. The van der Waals surface area contributed by atoms with E-state index in [4.69, 9.17) is 9.29 Å². The molecule has 0 rings (SSSR count). The first-order valence-corrected chi connectivity index (χ1v) is 6.96. The van der Waals surface area contributed by atoms with Gasteiger partial charge in [-0.3, -0.25) is 4.79 Å². The van der Waals surface area contributed by atoms with Crippen molar-refractivity contribution in [1.82, 2.24) is 0 Å². The first-order chi connectivity index (χ1) is 7.41. The Morgan fingerprint density at radius 2 is 1.94 bits per heavy atom. The minimum absolute atomic E-state index is 0.0422. The molecule has 0 aromatic rings. The van der Waals surface area contributed by atoms with Crippen LogP contribution in [-0.4, -0.2) is 26.6 Å². The number of ether oxygens (including phenoxy) is 1. The molecule has 0 heterocycles. The molecule has 0 aliphatic rings. The lowest BCUT2D eigenvalue weighted by Crippen LogP contribution is -2.16. The summed E-state index contributed by atoms with van der Waals surface area (Å²) in [6.45, 7) is 6.06. The lowest BCUT2D eigenvalue weighted by molar-refractivity contribution is -0.148. The van der Waals surface area contributed by atoms with Gasteiger partial charge < -0.3 is 9.29 Å².